The van der Waals surface area contributed by atoms with Crippen LogP contribution in [0.4, 0.5) is 0 Å². The van der Waals surface area contributed by atoms with Crippen LogP contribution in [0.1, 0.15) is 13.8 Å². The fourth-order valence-corrected chi connectivity index (χ4v) is 2.94. The van der Waals surface area contributed by atoms with Crippen LogP contribution in [-0.4, -0.2) is 86.2 Å². The van der Waals surface area contributed by atoms with E-state index in [1.54, 1.807) is 11.9 Å². The van der Waals surface area contributed by atoms with Gasteiger partial charge in [-0.3, -0.25) is 14.5 Å². The first-order valence-electron chi connectivity index (χ1n) is 7.54. The van der Waals surface area contributed by atoms with Gasteiger partial charge in [-0.15, -0.1) is 0 Å². The van der Waals surface area contributed by atoms with Crippen molar-refractivity contribution < 1.29 is 14.3 Å². The Morgan fingerprint density at radius 1 is 1.24 bits per heavy atom. The van der Waals surface area contributed by atoms with Gasteiger partial charge in [-0.25, -0.2) is 0 Å². The lowest BCUT2D eigenvalue weighted by atomic mass is 9.98. The summed E-state index contributed by atoms with van der Waals surface area (Å²) in [7, 11) is 1.58. The lowest BCUT2D eigenvalue weighted by Crippen LogP contribution is -2.65. The van der Waals surface area contributed by atoms with Gasteiger partial charge in [0.1, 0.15) is 6.04 Å². The van der Waals surface area contributed by atoms with E-state index in [0.29, 0.717) is 13.2 Å². The van der Waals surface area contributed by atoms with Crippen LogP contribution in [0, 0.1) is 0 Å². The van der Waals surface area contributed by atoms with E-state index in [1.165, 1.54) is 0 Å². The summed E-state index contributed by atoms with van der Waals surface area (Å²) in [6, 6.07) is -0.529. The molecule has 7 nitrogen and oxygen atoms in total. The molecule has 21 heavy (non-hydrogen) atoms. The van der Waals surface area contributed by atoms with E-state index in [0.717, 1.165) is 26.2 Å². The molecule has 0 spiro atoms. The third-order valence-electron chi connectivity index (χ3n) is 4.37. The van der Waals surface area contributed by atoms with Gasteiger partial charge < -0.3 is 20.3 Å². The number of ether oxygens (including phenoxy) is 1. The molecule has 0 aliphatic carbocycles. The second-order valence-corrected chi connectivity index (χ2v) is 6.00. The molecule has 0 aromatic rings. The van der Waals surface area contributed by atoms with E-state index in [9.17, 15) is 9.59 Å². The van der Waals surface area contributed by atoms with Crippen molar-refractivity contribution in [1.82, 2.24) is 20.4 Å². The topological polar surface area (TPSA) is 73.9 Å². The number of amides is 2. The number of nitrogens with one attached hydrogen (secondary N) is 2. The smallest absolute Gasteiger partial charge is 0.244 e. The van der Waals surface area contributed by atoms with Crippen molar-refractivity contribution >= 4 is 11.8 Å². The van der Waals surface area contributed by atoms with E-state index in [2.05, 4.69) is 15.5 Å². The first-order chi connectivity index (χ1) is 9.98. The molecule has 0 aromatic heterocycles. The summed E-state index contributed by atoms with van der Waals surface area (Å²) in [5, 5.41) is 5.90. The molecule has 1 atom stereocenters. The fraction of sp³-hybridized carbons (Fsp3) is 0.857. The van der Waals surface area contributed by atoms with Crippen LogP contribution in [-0.2, 0) is 14.3 Å². The van der Waals surface area contributed by atoms with E-state index >= 15 is 0 Å². The number of hydrogen-bond donors (Lipinski definition) is 2. The normalized spacial score (nSPS) is 24.7. The van der Waals surface area contributed by atoms with Crippen LogP contribution in [0.5, 0.6) is 0 Å². The molecule has 2 saturated heterocycles. The minimum Gasteiger partial charge on any atom is -0.377 e. The quantitative estimate of drug-likeness (QED) is 0.673. The monoisotopic (exact) mass is 298 g/mol. The Morgan fingerprint density at radius 3 is 2.52 bits per heavy atom. The molecule has 1 unspecified atom stereocenters. The maximum Gasteiger partial charge on any atom is 0.244 e. The molecule has 0 aromatic carbocycles. The van der Waals surface area contributed by atoms with Crippen LogP contribution in [0.15, 0.2) is 0 Å². The molecule has 2 heterocycles. The Labute approximate surface area is 126 Å². The number of piperazine rings is 1. The molecule has 120 valence electrons. The van der Waals surface area contributed by atoms with Crippen molar-refractivity contribution in [2.75, 3.05) is 53.0 Å². The summed E-state index contributed by atoms with van der Waals surface area (Å²) in [6.07, 6.45) is 0. The second kappa shape index (κ2) is 6.72. The molecule has 2 rings (SSSR count). The molecule has 2 amide bonds. The fourth-order valence-electron chi connectivity index (χ4n) is 2.94. The summed E-state index contributed by atoms with van der Waals surface area (Å²) in [4.78, 5) is 28.8. The molecular weight excluding hydrogens is 272 g/mol. The maximum absolute atomic E-state index is 13.0. The van der Waals surface area contributed by atoms with E-state index in [-0.39, 0.29) is 18.4 Å². The standard InChI is InChI=1S/C14H26N4O3/c1-14(2,17-6-4-16-5-7-17)13(20)18-8-9-21-10-11(18)12(19)15-3/h11,16H,4-10H2,1-3H3,(H,15,19). The van der Waals surface area contributed by atoms with Gasteiger partial charge in [-0.2, -0.15) is 0 Å². The number of likely N-dealkylation sites (N-methyl/N-ethyl adjacent to an activating group) is 1. The Kier molecular flexibility index (Phi) is 5.18. The van der Waals surface area contributed by atoms with Crippen LogP contribution in [0.2, 0.25) is 0 Å². The number of morpholine rings is 1. The van der Waals surface area contributed by atoms with Crippen LogP contribution < -0.4 is 10.6 Å². The summed E-state index contributed by atoms with van der Waals surface area (Å²) < 4.78 is 5.37. The van der Waals surface area contributed by atoms with Crippen LogP contribution in [0.3, 0.4) is 0 Å². The lowest BCUT2D eigenvalue weighted by molar-refractivity contribution is -0.157. The molecule has 2 fully saturated rings. The SMILES string of the molecule is CNC(=O)C1COCCN1C(=O)C(C)(C)N1CCNCC1. The number of carbonyl (C=O) groups excluding carboxylic acids is 2. The molecule has 0 radical (unpaired) electrons. The number of hydrogen-bond acceptors (Lipinski definition) is 5. The summed E-state index contributed by atoms with van der Waals surface area (Å²) >= 11 is 0. The summed E-state index contributed by atoms with van der Waals surface area (Å²) in [6.45, 7) is 8.55. The van der Waals surface area contributed by atoms with E-state index in [1.807, 2.05) is 13.8 Å². The van der Waals surface area contributed by atoms with Crippen molar-refractivity contribution in [2.24, 2.45) is 0 Å². The Morgan fingerprint density at radius 2 is 1.90 bits per heavy atom. The number of rotatable bonds is 3. The van der Waals surface area contributed by atoms with Crippen molar-refractivity contribution in [3.05, 3.63) is 0 Å². The zero-order valence-electron chi connectivity index (χ0n) is 13.1. The summed E-state index contributed by atoms with van der Waals surface area (Å²) in [5.74, 6) is -0.166. The predicted octanol–water partition coefficient (Wildman–Crippen LogP) is -1.36. The van der Waals surface area contributed by atoms with Gasteiger partial charge in [0.2, 0.25) is 11.8 Å². The highest BCUT2D eigenvalue weighted by atomic mass is 16.5. The molecule has 2 aliphatic heterocycles. The minimum atomic E-state index is -0.605. The second-order valence-electron chi connectivity index (χ2n) is 6.00. The average molecular weight is 298 g/mol. The molecule has 2 N–H and O–H groups in total. The molecule has 0 saturated carbocycles. The Bertz CT molecular complexity index is 394. The van der Waals surface area contributed by atoms with Crippen LogP contribution in [0.25, 0.3) is 0 Å². The number of nitrogens with zero attached hydrogens (tertiary/aromatic N) is 2. The van der Waals surface area contributed by atoms with Gasteiger partial charge in [-0.05, 0) is 13.8 Å². The van der Waals surface area contributed by atoms with Gasteiger partial charge in [0, 0.05) is 39.8 Å². The highest BCUT2D eigenvalue weighted by Crippen LogP contribution is 2.21. The van der Waals surface area contributed by atoms with Gasteiger partial charge in [0.25, 0.3) is 0 Å². The Balaban J connectivity index is 2.13. The highest BCUT2D eigenvalue weighted by molar-refractivity contribution is 5.91. The van der Waals surface area contributed by atoms with Crippen molar-refractivity contribution in [1.29, 1.82) is 0 Å². The van der Waals surface area contributed by atoms with Crippen molar-refractivity contribution in [2.45, 2.75) is 25.4 Å². The first kappa shape index (κ1) is 16.2. The van der Waals surface area contributed by atoms with Crippen molar-refractivity contribution in [3.8, 4) is 0 Å². The molecule has 2 aliphatic rings. The van der Waals surface area contributed by atoms with E-state index < -0.39 is 11.6 Å². The minimum absolute atomic E-state index is 0.00120. The van der Waals surface area contributed by atoms with Gasteiger partial charge >= 0.3 is 0 Å². The highest BCUT2D eigenvalue weighted by Gasteiger charge is 2.42. The maximum atomic E-state index is 13.0. The third-order valence-corrected chi connectivity index (χ3v) is 4.37. The van der Waals surface area contributed by atoms with Gasteiger partial charge in [0.05, 0.1) is 18.8 Å². The largest absolute Gasteiger partial charge is 0.377 e. The number of carbonyl (C=O) groups is 2. The molecular formula is C14H26N4O3. The lowest BCUT2D eigenvalue weighted by Gasteiger charge is -2.45. The molecule has 7 heteroatoms. The van der Waals surface area contributed by atoms with Crippen molar-refractivity contribution in [3.63, 3.8) is 0 Å². The predicted molar refractivity (Wildman–Crippen MR) is 78.9 cm³/mol. The first-order valence-corrected chi connectivity index (χ1v) is 7.54. The van der Waals surface area contributed by atoms with E-state index in [4.69, 9.17) is 4.74 Å². The summed E-state index contributed by atoms with van der Waals surface area (Å²) in [5.41, 5.74) is -0.605. The Hall–Kier alpha value is -1.18. The molecule has 0 bridgehead atoms. The third kappa shape index (κ3) is 3.36. The van der Waals surface area contributed by atoms with Crippen LogP contribution >= 0.6 is 0 Å². The zero-order valence-corrected chi connectivity index (χ0v) is 13.1. The zero-order chi connectivity index (χ0) is 15.5. The van der Waals surface area contributed by atoms with Gasteiger partial charge in [-0.1, -0.05) is 0 Å². The average Bonchev–Trinajstić information content (AvgIpc) is 2.54. The van der Waals surface area contributed by atoms with Gasteiger partial charge in [0.15, 0.2) is 0 Å².